The smallest absolute Gasteiger partial charge is 0.231 e. The van der Waals surface area contributed by atoms with E-state index in [2.05, 4.69) is 11.9 Å². The summed E-state index contributed by atoms with van der Waals surface area (Å²) >= 11 is 1.67. The minimum atomic E-state index is -0.0501. The fourth-order valence-corrected chi connectivity index (χ4v) is 4.26. The van der Waals surface area contributed by atoms with Gasteiger partial charge in [-0.1, -0.05) is 12.1 Å². The number of fused-ring (bicyclic) bond motifs is 2. The Bertz CT molecular complexity index is 865. The first-order chi connectivity index (χ1) is 13.1. The van der Waals surface area contributed by atoms with Crippen molar-refractivity contribution in [1.29, 1.82) is 0 Å². The number of ketones is 1. The molecule has 142 valence electrons. The average molecular weight is 385 g/mol. The van der Waals surface area contributed by atoms with Gasteiger partial charge in [-0.25, -0.2) is 0 Å². The van der Waals surface area contributed by atoms with Gasteiger partial charge < -0.3 is 14.2 Å². The molecule has 0 saturated heterocycles. The molecule has 0 spiro atoms. The predicted octanol–water partition coefficient (Wildman–Crippen LogP) is 3.95. The highest BCUT2D eigenvalue weighted by Crippen LogP contribution is 2.50. The number of nitrogens with zero attached hydrogens (tertiary/aromatic N) is 1. The number of Topliss-reactive ketones (excluding diaryl/α,β-unsaturated/α-hetero) is 1. The van der Waals surface area contributed by atoms with E-state index in [4.69, 9.17) is 14.2 Å². The molecule has 0 N–H and O–H groups in total. The molecule has 2 aromatic carbocycles. The Kier molecular flexibility index (Phi) is 5.02. The van der Waals surface area contributed by atoms with Gasteiger partial charge in [0, 0.05) is 35.0 Å². The van der Waals surface area contributed by atoms with Crippen molar-refractivity contribution in [2.24, 2.45) is 0 Å². The second-order valence-corrected chi connectivity index (χ2v) is 7.70. The number of methoxy groups -OCH3 is 1. The third-order valence-corrected chi connectivity index (χ3v) is 6.08. The van der Waals surface area contributed by atoms with Crippen molar-refractivity contribution in [2.45, 2.75) is 23.8 Å². The molecule has 6 heteroatoms. The number of hydrogen-bond acceptors (Lipinski definition) is 6. The normalized spacial score (nSPS) is 18.3. The van der Waals surface area contributed by atoms with E-state index >= 15 is 0 Å². The van der Waals surface area contributed by atoms with Gasteiger partial charge in [0.15, 0.2) is 17.3 Å². The summed E-state index contributed by atoms with van der Waals surface area (Å²) < 4.78 is 16.9. The molecule has 27 heavy (non-hydrogen) atoms. The van der Waals surface area contributed by atoms with Crippen molar-refractivity contribution >= 4 is 17.5 Å². The topological polar surface area (TPSA) is 48.0 Å². The number of carbonyl (C=O) groups is 1. The van der Waals surface area contributed by atoms with E-state index in [-0.39, 0.29) is 18.6 Å². The molecule has 2 aliphatic heterocycles. The Morgan fingerprint density at radius 2 is 2.07 bits per heavy atom. The molecule has 1 unspecified atom stereocenters. The lowest BCUT2D eigenvalue weighted by Crippen LogP contribution is -2.34. The first kappa shape index (κ1) is 18.2. The number of hydrogen-bond donors (Lipinski definition) is 0. The third kappa shape index (κ3) is 3.28. The van der Waals surface area contributed by atoms with Crippen LogP contribution in [0.2, 0.25) is 0 Å². The van der Waals surface area contributed by atoms with Gasteiger partial charge in [0.2, 0.25) is 12.5 Å². The Hall–Kier alpha value is -2.18. The molecule has 1 atom stereocenters. The molecule has 2 aliphatic rings. The van der Waals surface area contributed by atoms with Crippen LogP contribution in [0, 0.1) is 0 Å². The second-order valence-electron chi connectivity index (χ2n) is 6.82. The maximum absolute atomic E-state index is 13.0. The first-order valence-electron chi connectivity index (χ1n) is 8.99. The fraction of sp³-hybridized carbons (Fsp3) is 0.381. The third-order valence-electron chi connectivity index (χ3n) is 5.34. The van der Waals surface area contributed by atoms with Crippen LogP contribution >= 0.6 is 11.8 Å². The van der Waals surface area contributed by atoms with Gasteiger partial charge in [-0.3, -0.25) is 9.69 Å². The highest BCUT2D eigenvalue weighted by molar-refractivity contribution is 7.98. The lowest BCUT2D eigenvalue weighted by Gasteiger charge is -2.35. The van der Waals surface area contributed by atoms with Crippen LogP contribution in [-0.4, -0.2) is 44.4 Å². The molecule has 0 bridgehead atoms. The molecule has 0 amide bonds. The Labute approximate surface area is 163 Å². The molecule has 0 saturated carbocycles. The largest absolute Gasteiger partial charge is 0.492 e. The molecule has 5 nitrogen and oxygen atoms in total. The van der Waals surface area contributed by atoms with Crippen molar-refractivity contribution in [2.75, 3.05) is 33.8 Å². The van der Waals surface area contributed by atoms with E-state index in [0.29, 0.717) is 17.9 Å². The highest BCUT2D eigenvalue weighted by atomic mass is 32.2. The fourth-order valence-electron chi connectivity index (χ4n) is 3.85. The lowest BCUT2D eigenvalue weighted by atomic mass is 9.87. The number of ether oxygens (including phenoxy) is 3. The molecule has 0 fully saturated rings. The maximum atomic E-state index is 13.0. The predicted molar refractivity (Wildman–Crippen MR) is 105 cm³/mol. The molecular formula is C21H23NO4S. The Balaban J connectivity index is 1.68. The molecule has 4 rings (SSSR count). The number of rotatable bonds is 5. The molecular weight excluding hydrogens is 362 g/mol. The van der Waals surface area contributed by atoms with Crippen LogP contribution in [0.4, 0.5) is 0 Å². The standard InChI is InChI=1S/C21H23NO4S/c1-22-9-8-14-10-18-20(26-12-25-18)21(24-2)19(14)16(22)11-17(23)13-4-6-15(27-3)7-5-13/h4-7,10,16H,8-9,11-12H2,1-3H3. The van der Waals surface area contributed by atoms with E-state index in [1.54, 1.807) is 18.9 Å². The van der Waals surface area contributed by atoms with Gasteiger partial charge in [-0.05, 0) is 43.5 Å². The van der Waals surface area contributed by atoms with E-state index in [1.807, 2.05) is 36.6 Å². The average Bonchev–Trinajstić information content (AvgIpc) is 3.16. The van der Waals surface area contributed by atoms with Crippen molar-refractivity contribution in [3.8, 4) is 17.2 Å². The van der Waals surface area contributed by atoms with Crippen LogP contribution in [-0.2, 0) is 6.42 Å². The van der Waals surface area contributed by atoms with E-state index in [0.717, 1.165) is 34.7 Å². The quantitative estimate of drug-likeness (QED) is 0.574. The van der Waals surface area contributed by atoms with Crippen molar-refractivity contribution in [1.82, 2.24) is 4.90 Å². The second kappa shape index (κ2) is 7.44. The van der Waals surface area contributed by atoms with Crippen molar-refractivity contribution in [3.05, 3.63) is 47.0 Å². The molecule has 0 radical (unpaired) electrons. The maximum Gasteiger partial charge on any atom is 0.231 e. The summed E-state index contributed by atoms with van der Waals surface area (Å²) in [6, 6.07) is 9.80. The zero-order valence-corrected chi connectivity index (χ0v) is 16.6. The summed E-state index contributed by atoms with van der Waals surface area (Å²) in [5.74, 6) is 2.20. The number of carbonyl (C=O) groups excluding carboxylic acids is 1. The molecule has 2 heterocycles. The van der Waals surface area contributed by atoms with Crippen LogP contribution in [0.25, 0.3) is 0 Å². The minimum absolute atomic E-state index is 0.0501. The zero-order chi connectivity index (χ0) is 19.0. The Morgan fingerprint density at radius 1 is 1.30 bits per heavy atom. The van der Waals surface area contributed by atoms with E-state index in [1.165, 1.54) is 5.56 Å². The van der Waals surface area contributed by atoms with E-state index in [9.17, 15) is 4.79 Å². The number of likely N-dealkylation sites (N-methyl/N-ethyl adjacent to an activating group) is 1. The van der Waals surface area contributed by atoms with Gasteiger partial charge in [0.05, 0.1) is 7.11 Å². The summed E-state index contributed by atoms with van der Waals surface area (Å²) in [4.78, 5) is 16.3. The Morgan fingerprint density at radius 3 is 2.78 bits per heavy atom. The van der Waals surface area contributed by atoms with Crippen LogP contribution in [0.15, 0.2) is 35.2 Å². The summed E-state index contributed by atoms with van der Waals surface area (Å²) in [7, 11) is 3.70. The summed E-state index contributed by atoms with van der Waals surface area (Å²) in [5.41, 5.74) is 2.96. The number of thioether (sulfide) groups is 1. The van der Waals surface area contributed by atoms with Crippen LogP contribution in [0.1, 0.15) is 33.9 Å². The van der Waals surface area contributed by atoms with Crippen LogP contribution in [0.3, 0.4) is 0 Å². The van der Waals surface area contributed by atoms with Gasteiger partial charge >= 0.3 is 0 Å². The van der Waals surface area contributed by atoms with Crippen LogP contribution < -0.4 is 14.2 Å². The van der Waals surface area contributed by atoms with Gasteiger partial charge in [-0.15, -0.1) is 11.8 Å². The van der Waals surface area contributed by atoms with Gasteiger partial charge in [0.1, 0.15) is 0 Å². The van der Waals surface area contributed by atoms with E-state index < -0.39 is 0 Å². The van der Waals surface area contributed by atoms with Gasteiger partial charge in [-0.2, -0.15) is 0 Å². The van der Waals surface area contributed by atoms with Crippen LogP contribution in [0.5, 0.6) is 17.2 Å². The zero-order valence-electron chi connectivity index (χ0n) is 15.8. The van der Waals surface area contributed by atoms with Gasteiger partial charge in [0.25, 0.3) is 0 Å². The summed E-state index contributed by atoms with van der Waals surface area (Å²) in [6.45, 7) is 1.09. The summed E-state index contributed by atoms with van der Waals surface area (Å²) in [6.07, 6.45) is 3.32. The monoisotopic (exact) mass is 385 g/mol. The lowest BCUT2D eigenvalue weighted by molar-refractivity contribution is 0.0925. The first-order valence-corrected chi connectivity index (χ1v) is 10.2. The van der Waals surface area contributed by atoms with Crippen molar-refractivity contribution in [3.63, 3.8) is 0 Å². The number of benzene rings is 2. The summed E-state index contributed by atoms with van der Waals surface area (Å²) in [5, 5.41) is 0. The minimum Gasteiger partial charge on any atom is -0.492 e. The van der Waals surface area contributed by atoms with Crippen molar-refractivity contribution < 1.29 is 19.0 Å². The molecule has 0 aromatic heterocycles. The highest BCUT2D eigenvalue weighted by Gasteiger charge is 2.35. The molecule has 0 aliphatic carbocycles. The SMILES string of the molecule is COc1c2c(cc3c1C(CC(=O)c1ccc(SC)cc1)N(C)CC3)OCO2. The molecule has 2 aromatic rings.